The molecule has 0 fully saturated rings. The number of aliphatic hydroxyl groups is 2. The van der Waals surface area contributed by atoms with Gasteiger partial charge >= 0.3 is 0 Å². The van der Waals surface area contributed by atoms with Crippen LogP contribution in [-0.4, -0.2) is 27.6 Å². The number of nitrogens with zero attached hydrogens (tertiary/aromatic N) is 1. The van der Waals surface area contributed by atoms with E-state index in [4.69, 9.17) is 0 Å². The molecule has 0 saturated carbocycles. The lowest BCUT2D eigenvalue weighted by Gasteiger charge is -2.30. The molecule has 3 nitrogen and oxygen atoms in total. The molecule has 0 aromatic heterocycles. The topological polar surface area (TPSA) is 43.7 Å². The Kier molecular flexibility index (Phi) is 20.8. The van der Waals surface area contributed by atoms with Crippen LogP contribution in [0.25, 0.3) is 0 Å². The van der Waals surface area contributed by atoms with Crippen molar-refractivity contribution in [3.05, 3.63) is 12.3 Å². The summed E-state index contributed by atoms with van der Waals surface area (Å²) in [5, 5.41) is 19.9. The van der Waals surface area contributed by atoms with Crippen LogP contribution in [0.2, 0.25) is 0 Å². The van der Waals surface area contributed by atoms with Crippen molar-refractivity contribution < 1.29 is 10.2 Å². The van der Waals surface area contributed by atoms with Crippen molar-refractivity contribution in [2.45, 2.75) is 149 Å². The molecule has 0 bridgehead atoms. The molecule has 168 valence electrons. The third-order valence-corrected chi connectivity index (χ3v) is 5.67. The van der Waals surface area contributed by atoms with Crippen LogP contribution in [0.4, 0.5) is 0 Å². The van der Waals surface area contributed by atoms with E-state index in [1.807, 2.05) is 20.0 Å². The van der Waals surface area contributed by atoms with Gasteiger partial charge in [-0.2, -0.15) is 0 Å². The minimum absolute atomic E-state index is 0.591. The van der Waals surface area contributed by atoms with Crippen LogP contribution in [-0.2, 0) is 0 Å². The molecule has 2 unspecified atom stereocenters. The average molecular weight is 398 g/mol. The highest BCUT2D eigenvalue weighted by atomic mass is 16.3. The highest BCUT2D eigenvalue weighted by molar-refractivity contribution is 4.85. The van der Waals surface area contributed by atoms with Crippen LogP contribution in [0.1, 0.15) is 136 Å². The van der Waals surface area contributed by atoms with E-state index in [0.29, 0.717) is 12.8 Å². The lowest BCUT2D eigenvalue weighted by Crippen LogP contribution is -2.38. The van der Waals surface area contributed by atoms with Crippen molar-refractivity contribution in [1.82, 2.24) is 4.90 Å². The van der Waals surface area contributed by atoms with Gasteiger partial charge in [0.05, 0.1) is 0 Å². The van der Waals surface area contributed by atoms with Gasteiger partial charge in [-0.05, 0) is 25.7 Å². The Morgan fingerprint density at radius 1 is 0.571 bits per heavy atom. The minimum atomic E-state index is -0.591. The lowest BCUT2D eigenvalue weighted by molar-refractivity contribution is -0.0725. The molecular weight excluding hydrogens is 346 g/mol. The van der Waals surface area contributed by atoms with E-state index < -0.39 is 12.5 Å². The first-order chi connectivity index (χ1) is 13.7. The maximum atomic E-state index is 9.97. The van der Waals surface area contributed by atoms with Gasteiger partial charge in [-0.15, -0.1) is 0 Å². The van der Waals surface area contributed by atoms with E-state index in [-0.39, 0.29) is 0 Å². The van der Waals surface area contributed by atoms with E-state index in [0.717, 1.165) is 6.42 Å². The molecule has 0 aliphatic heterocycles. The van der Waals surface area contributed by atoms with Gasteiger partial charge in [-0.3, -0.25) is 0 Å². The quantitative estimate of drug-likeness (QED) is 0.155. The van der Waals surface area contributed by atoms with Crippen molar-refractivity contribution in [2.24, 2.45) is 0 Å². The molecule has 0 aromatic rings. The first-order valence-corrected chi connectivity index (χ1v) is 12.5. The molecule has 0 saturated heterocycles. The second-order valence-corrected chi connectivity index (χ2v) is 8.35. The van der Waals surface area contributed by atoms with Crippen molar-refractivity contribution in [1.29, 1.82) is 0 Å². The van der Waals surface area contributed by atoms with E-state index in [1.165, 1.54) is 96.3 Å². The van der Waals surface area contributed by atoms with Crippen LogP contribution >= 0.6 is 0 Å². The molecule has 0 amide bonds. The van der Waals surface area contributed by atoms with Crippen molar-refractivity contribution in [3.8, 4) is 0 Å². The smallest absolute Gasteiger partial charge is 0.128 e. The van der Waals surface area contributed by atoms with E-state index in [9.17, 15) is 10.2 Å². The van der Waals surface area contributed by atoms with Gasteiger partial charge in [0.25, 0.3) is 0 Å². The standard InChI is InChI=1S/C25H51NO2/c1-4-7-8-9-10-11-12-13-14-15-16-17-18-19-20-21-22-23-26(24(27)5-2)25(28)6-3/h22-25,27-28H,4-21H2,1-3H3. The van der Waals surface area contributed by atoms with E-state index in [2.05, 4.69) is 13.0 Å². The van der Waals surface area contributed by atoms with Gasteiger partial charge in [0.15, 0.2) is 0 Å². The molecule has 0 heterocycles. The number of aliphatic hydroxyl groups excluding tert-OH is 2. The van der Waals surface area contributed by atoms with Crippen LogP contribution in [0, 0.1) is 0 Å². The predicted octanol–water partition coefficient (Wildman–Crippen LogP) is 7.52. The summed E-state index contributed by atoms with van der Waals surface area (Å²) < 4.78 is 0. The molecule has 0 aliphatic rings. The summed E-state index contributed by atoms with van der Waals surface area (Å²) in [5.74, 6) is 0. The number of unbranched alkanes of at least 4 members (excludes halogenated alkanes) is 15. The minimum Gasteiger partial charge on any atom is -0.374 e. The maximum Gasteiger partial charge on any atom is 0.128 e. The molecule has 0 rings (SSSR count). The SMILES string of the molecule is CCCCCCCCCCCCCCCCCC=CN(C(O)CC)C(O)CC. The fraction of sp³-hybridized carbons (Fsp3) is 0.920. The third-order valence-electron chi connectivity index (χ3n) is 5.67. The van der Waals surface area contributed by atoms with Gasteiger partial charge in [0, 0.05) is 6.20 Å². The summed E-state index contributed by atoms with van der Waals surface area (Å²) in [5.41, 5.74) is 0. The number of allylic oxidation sites excluding steroid dienone is 1. The second-order valence-electron chi connectivity index (χ2n) is 8.35. The van der Waals surface area contributed by atoms with Crippen LogP contribution in [0.3, 0.4) is 0 Å². The lowest BCUT2D eigenvalue weighted by atomic mass is 10.0. The van der Waals surface area contributed by atoms with E-state index in [1.54, 1.807) is 4.90 Å². The molecule has 3 heteroatoms. The first kappa shape index (κ1) is 27.5. The van der Waals surface area contributed by atoms with E-state index >= 15 is 0 Å². The van der Waals surface area contributed by atoms with Gasteiger partial charge in [0.2, 0.25) is 0 Å². The van der Waals surface area contributed by atoms with Gasteiger partial charge in [0.1, 0.15) is 12.5 Å². The van der Waals surface area contributed by atoms with Crippen molar-refractivity contribution in [3.63, 3.8) is 0 Å². The number of rotatable bonds is 21. The maximum absolute atomic E-state index is 9.97. The average Bonchev–Trinajstić information content (AvgIpc) is 2.72. The Morgan fingerprint density at radius 3 is 1.29 bits per heavy atom. The Balaban J connectivity index is 3.43. The molecule has 28 heavy (non-hydrogen) atoms. The largest absolute Gasteiger partial charge is 0.374 e. The van der Waals surface area contributed by atoms with Crippen LogP contribution in [0.5, 0.6) is 0 Å². The fourth-order valence-corrected chi connectivity index (χ4v) is 3.65. The molecule has 0 radical (unpaired) electrons. The summed E-state index contributed by atoms with van der Waals surface area (Å²) in [4.78, 5) is 1.67. The monoisotopic (exact) mass is 397 g/mol. The predicted molar refractivity (Wildman–Crippen MR) is 123 cm³/mol. The highest BCUT2D eigenvalue weighted by Crippen LogP contribution is 2.14. The van der Waals surface area contributed by atoms with Crippen LogP contribution < -0.4 is 0 Å². The molecule has 2 atom stereocenters. The zero-order valence-electron chi connectivity index (χ0n) is 19.4. The molecular formula is C25H51NO2. The molecule has 0 aliphatic carbocycles. The highest BCUT2D eigenvalue weighted by Gasteiger charge is 2.16. The Hall–Kier alpha value is -0.540. The molecule has 0 aromatic carbocycles. The Morgan fingerprint density at radius 2 is 0.929 bits per heavy atom. The summed E-state index contributed by atoms with van der Waals surface area (Å²) in [6, 6.07) is 0. The van der Waals surface area contributed by atoms with Gasteiger partial charge in [-0.1, -0.05) is 117 Å². The van der Waals surface area contributed by atoms with Gasteiger partial charge < -0.3 is 15.1 Å². The molecule has 2 N–H and O–H groups in total. The van der Waals surface area contributed by atoms with Crippen molar-refractivity contribution in [2.75, 3.05) is 0 Å². The summed E-state index contributed by atoms with van der Waals surface area (Å²) in [6.45, 7) is 6.15. The Bertz CT molecular complexity index is 323. The zero-order valence-corrected chi connectivity index (χ0v) is 19.4. The Labute approximate surface area is 176 Å². The first-order valence-electron chi connectivity index (χ1n) is 12.5. The van der Waals surface area contributed by atoms with Crippen molar-refractivity contribution >= 4 is 0 Å². The van der Waals surface area contributed by atoms with Gasteiger partial charge in [-0.25, -0.2) is 0 Å². The second kappa shape index (κ2) is 21.2. The van der Waals surface area contributed by atoms with Crippen LogP contribution in [0.15, 0.2) is 12.3 Å². The summed E-state index contributed by atoms with van der Waals surface area (Å²) >= 11 is 0. The number of hydrogen-bond acceptors (Lipinski definition) is 3. The number of hydrogen-bond donors (Lipinski definition) is 2. The molecule has 0 spiro atoms. The third kappa shape index (κ3) is 16.4. The fourth-order valence-electron chi connectivity index (χ4n) is 3.65. The normalized spacial score (nSPS) is 13.9. The summed E-state index contributed by atoms with van der Waals surface area (Å²) in [7, 11) is 0. The zero-order chi connectivity index (χ0) is 20.9. The summed E-state index contributed by atoms with van der Waals surface area (Å²) in [6.07, 6.45) is 25.9.